The number of aromatic nitrogens is 2. The molecule has 1 atom stereocenters. The van der Waals surface area contributed by atoms with Gasteiger partial charge >= 0.3 is 0 Å². The predicted octanol–water partition coefficient (Wildman–Crippen LogP) is 2.19. The van der Waals surface area contributed by atoms with Gasteiger partial charge in [0.2, 0.25) is 0 Å². The van der Waals surface area contributed by atoms with Crippen LogP contribution in [0.5, 0.6) is 0 Å². The Kier molecular flexibility index (Phi) is 5.73. The first-order valence-corrected chi connectivity index (χ1v) is 6.04. The van der Waals surface area contributed by atoms with Crippen molar-refractivity contribution in [2.75, 3.05) is 12.4 Å². The lowest BCUT2D eigenvalue weighted by Gasteiger charge is -2.13. The molecule has 1 heterocycles. The third kappa shape index (κ3) is 4.67. The van der Waals surface area contributed by atoms with Gasteiger partial charge in [-0.2, -0.15) is 0 Å². The molecule has 3 nitrogen and oxygen atoms in total. The fourth-order valence-electron chi connectivity index (χ4n) is 1.56. The van der Waals surface area contributed by atoms with Crippen molar-refractivity contribution >= 4 is 11.6 Å². The van der Waals surface area contributed by atoms with Crippen LogP contribution in [0.4, 0.5) is 0 Å². The Labute approximate surface area is 96.8 Å². The molecule has 0 fully saturated rings. The number of hydrogen-bond acceptors (Lipinski definition) is 2. The normalized spacial score (nSPS) is 13.0. The molecule has 0 saturated carbocycles. The molecule has 0 aliphatic heterocycles. The molecule has 1 aromatic rings. The Morgan fingerprint density at radius 1 is 1.60 bits per heavy atom. The smallest absolute Gasteiger partial charge is 0.105 e. The molecule has 0 amide bonds. The van der Waals surface area contributed by atoms with Gasteiger partial charge in [-0.1, -0.05) is 0 Å². The van der Waals surface area contributed by atoms with Gasteiger partial charge in [0, 0.05) is 37.4 Å². The summed E-state index contributed by atoms with van der Waals surface area (Å²) >= 11 is 5.64. The molecule has 0 radical (unpaired) electrons. The number of aryl methyl sites for hydroxylation is 1. The van der Waals surface area contributed by atoms with E-state index in [1.54, 1.807) is 0 Å². The Morgan fingerprint density at radius 3 is 3.00 bits per heavy atom. The molecular formula is C11H20ClN3. The second-order valence-electron chi connectivity index (χ2n) is 3.85. The van der Waals surface area contributed by atoms with E-state index in [9.17, 15) is 0 Å². The van der Waals surface area contributed by atoms with Crippen LogP contribution in [0.2, 0.25) is 0 Å². The van der Waals surface area contributed by atoms with Crippen LogP contribution in [-0.2, 0) is 6.54 Å². The van der Waals surface area contributed by atoms with E-state index in [1.165, 1.54) is 0 Å². The van der Waals surface area contributed by atoms with Gasteiger partial charge in [0.1, 0.15) is 5.82 Å². The Morgan fingerprint density at radius 2 is 2.40 bits per heavy atom. The largest absolute Gasteiger partial charge is 0.334 e. The Bertz CT molecular complexity index is 273. The molecular weight excluding hydrogens is 210 g/mol. The van der Waals surface area contributed by atoms with Crippen LogP contribution < -0.4 is 5.32 Å². The fourth-order valence-corrected chi connectivity index (χ4v) is 1.71. The zero-order valence-electron chi connectivity index (χ0n) is 9.54. The van der Waals surface area contributed by atoms with Gasteiger partial charge in [-0.3, -0.25) is 0 Å². The number of nitrogens with one attached hydrogen (secondary N) is 1. The molecule has 86 valence electrons. The summed E-state index contributed by atoms with van der Waals surface area (Å²) in [7, 11) is 0. The second kappa shape index (κ2) is 6.85. The summed E-state index contributed by atoms with van der Waals surface area (Å²) < 4.78 is 2.15. The highest BCUT2D eigenvalue weighted by Gasteiger charge is 2.01. The minimum Gasteiger partial charge on any atom is -0.334 e. The van der Waals surface area contributed by atoms with Gasteiger partial charge in [0.05, 0.1) is 0 Å². The average Bonchev–Trinajstić information content (AvgIpc) is 2.61. The molecule has 1 unspecified atom stereocenters. The molecule has 0 aromatic carbocycles. The van der Waals surface area contributed by atoms with Crippen molar-refractivity contribution in [2.45, 2.75) is 39.3 Å². The van der Waals surface area contributed by atoms with E-state index in [-0.39, 0.29) is 0 Å². The zero-order chi connectivity index (χ0) is 11.1. The van der Waals surface area contributed by atoms with Gasteiger partial charge in [-0.15, -0.1) is 11.6 Å². The highest BCUT2D eigenvalue weighted by molar-refractivity contribution is 6.17. The van der Waals surface area contributed by atoms with Crippen molar-refractivity contribution in [2.24, 2.45) is 0 Å². The Hall–Kier alpha value is -0.540. The predicted molar refractivity (Wildman–Crippen MR) is 64.4 cm³/mol. The number of hydrogen-bond donors (Lipinski definition) is 1. The van der Waals surface area contributed by atoms with Crippen molar-refractivity contribution < 1.29 is 0 Å². The van der Waals surface area contributed by atoms with Crippen molar-refractivity contribution in [1.82, 2.24) is 14.9 Å². The number of rotatable bonds is 7. The third-order valence-corrected chi connectivity index (χ3v) is 2.81. The lowest BCUT2D eigenvalue weighted by molar-refractivity contribution is 0.484. The van der Waals surface area contributed by atoms with Gasteiger partial charge in [0.25, 0.3) is 0 Å². The quantitative estimate of drug-likeness (QED) is 0.727. The maximum atomic E-state index is 5.64. The van der Waals surface area contributed by atoms with Crippen LogP contribution in [0.25, 0.3) is 0 Å². The summed E-state index contributed by atoms with van der Waals surface area (Å²) in [5.41, 5.74) is 0. The first-order chi connectivity index (χ1) is 7.24. The van der Waals surface area contributed by atoms with E-state index >= 15 is 0 Å². The third-order valence-electron chi connectivity index (χ3n) is 2.54. The van der Waals surface area contributed by atoms with E-state index in [0.717, 1.165) is 37.6 Å². The van der Waals surface area contributed by atoms with E-state index in [0.29, 0.717) is 6.04 Å². The summed E-state index contributed by atoms with van der Waals surface area (Å²) in [6.07, 6.45) is 6.08. The van der Waals surface area contributed by atoms with Gasteiger partial charge in [-0.05, 0) is 26.7 Å². The molecule has 4 heteroatoms. The fraction of sp³-hybridized carbons (Fsp3) is 0.727. The van der Waals surface area contributed by atoms with Crippen molar-refractivity contribution in [3.05, 3.63) is 18.2 Å². The summed E-state index contributed by atoms with van der Waals surface area (Å²) in [5, 5.41) is 3.48. The topological polar surface area (TPSA) is 29.9 Å². The van der Waals surface area contributed by atoms with E-state index < -0.39 is 0 Å². The molecule has 1 aromatic heterocycles. The van der Waals surface area contributed by atoms with Crippen molar-refractivity contribution in [3.8, 4) is 0 Å². The van der Waals surface area contributed by atoms with Gasteiger partial charge in [-0.25, -0.2) is 4.98 Å². The van der Waals surface area contributed by atoms with Gasteiger partial charge < -0.3 is 9.88 Å². The molecule has 0 aliphatic carbocycles. The second-order valence-corrected chi connectivity index (χ2v) is 4.23. The molecule has 0 spiro atoms. The summed E-state index contributed by atoms with van der Waals surface area (Å²) in [6, 6.07) is 0.549. The maximum Gasteiger partial charge on any atom is 0.105 e. The maximum absolute atomic E-state index is 5.64. The van der Waals surface area contributed by atoms with E-state index in [2.05, 4.69) is 21.8 Å². The minimum atomic E-state index is 0.549. The number of imidazole rings is 1. The summed E-state index contributed by atoms with van der Waals surface area (Å²) in [5.74, 6) is 1.83. The van der Waals surface area contributed by atoms with Gasteiger partial charge in [0.15, 0.2) is 0 Å². The molecule has 0 bridgehead atoms. The van der Waals surface area contributed by atoms with Crippen LogP contribution in [-0.4, -0.2) is 28.0 Å². The first-order valence-electron chi connectivity index (χ1n) is 5.51. The van der Waals surface area contributed by atoms with Crippen LogP contribution in [0.15, 0.2) is 12.4 Å². The SMILES string of the molecule is Cc1nccn1CCNC(C)CCCCl. The Balaban J connectivity index is 2.13. The lowest BCUT2D eigenvalue weighted by Crippen LogP contribution is -2.29. The molecule has 1 N–H and O–H groups in total. The number of nitrogens with zero attached hydrogens (tertiary/aromatic N) is 2. The van der Waals surface area contributed by atoms with Crippen molar-refractivity contribution in [1.29, 1.82) is 0 Å². The van der Waals surface area contributed by atoms with Crippen LogP contribution in [0.3, 0.4) is 0 Å². The lowest BCUT2D eigenvalue weighted by atomic mass is 10.2. The molecule has 15 heavy (non-hydrogen) atoms. The van der Waals surface area contributed by atoms with Crippen LogP contribution >= 0.6 is 11.6 Å². The van der Waals surface area contributed by atoms with E-state index in [1.807, 2.05) is 19.3 Å². The van der Waals surface area contributed by atoms with Crippen LogP contribution in [0.1, 0.15) is 25.6 Å². The highest BCUT2D eigenvalue weighted by atomic mass is 35.5. The summed E-state index contributed by atoms with van der Waals surface area (Å²) in [6.45, 7) is 6.20. The zero-order valence-corrected chi connectivity index (χ0v) is 10.3. The van der Waals surface area contributed by atoms with Crippen LogP contribution in [0, 0.1) is 6.92 Å². The number of halogens is 1. The summed E-state index contributed by atoms with van der Waals surface area (Å²) in [4.78, 5) is 4.18. The molecule has 1 rings (SSSR count). The monoisotopic (exact) mass is 229 g/mol. The first kappa shape index (κ1) is 12.5. The average molecular weight is 230 g/mol. The van der Waals surface area contributed by atoms with Crippen molar-refractivity contribution in [3.63, 3.8) is 0 Å². The molecule has 0 saturated heterocycles. The molecule has 0 aliphatic rings. The standard InChI is InChI=1S/C11H20ClN3/c1-10(4-3-5-12)13-6-8-15-9-7-14-11(15)2/h7,9-10,13H,3-6,8H2,1-2H3. The highest BCUT2D eigenvalue weighted by Crippen LogP contribution is 1.98. The number of alkyl halides is 1. The van der Waals surface area contributed by atoms with E-state index in [4.69, 9.17) is 11.6 Å². The minimum absolute atomic E-state index is 0.549.